The van der Waals surface area contributed by atoms with Crippen LogP contribution >= 0.6 is 0 Å². The van der Waals surface area contributed by atoms with E-state index in [0.717, 1.165) is 24.5 Å². The third kappa shape index (κ3) is 5.06. The highest BCUT2D eigenvalue weighted by molar-refractivity contribution is 6.02. The molecule has 0 unspecified atom stereocenters. The van der Waals surface area contributed by atoms with E-state index in [9.17, 15) is 4.79 Å². The summed E-state index contributed by atoms with van der Waals surface area (Å²) in [6.07, 6.45) is 1.29. The quantitative estimate of drug-likeness (QED) is 0.471. The number of nitrogens with two attached hydrogens (primary N) is 2. The summed E-state index contributed by atoms with van der Waals surface area (Å²) in [5, 5.41) is 5.78. The predicted octanol–water partition coefficient (Wildman–Crippen LogP) is 2.52. The van der Waals surface area contributed by atoms with Crippen molar-refractivity contribution in [3.05, 3.63) is 66.0 Å². The van der Waals surface area contributed by atoms with Crippen molar-refractivity contribution in [2.75, 3.05) is 53.3 Å². The van der Waals surface area contributed by atoms with Crippen LogP contribution in [0.2, 0.25) is 0 Å². The zero-order chi connectivity index (χ0) is 22.3. The largest absolute Gasteiger partial charge is 0.382 e. The summed E-state index contributed by atoms with van der Waals surface area (Å²) in [7, 11) is 0. The summed E-state index contributed by atoms with van der Waals surface area (Å²) >= 11 is 0. The summed E-state index contributed by atoms with van der Waals surface area (Å²) in [6, 6.07) is 14.5. The van der Waals surface area contributed by atoms with Crippen LogP contribution in [0.3, 0.4) is 0 Å². The Labute approximate surface area is 185 Å². The second-order valence-corrected chi connectivity index (χ2v) is 7.05. The van der Waals surface area contributed by atoms with Crippen LogP contribution in [0.15, 0.2) is 54.9 Å². The Hall–Kier alpha value is -4.29. The van der Waals surface area contributed by atoms with Crippen molar-refractivity contribution >= 4 is 34.7 Å². The lowest BCUT2D eigenvalue weighted by molar-refractivity contribution is 0.123. The van der Waals surface area contributed by atoms with Gasteiger partial charge in [-0.2, -0.15) is 0 Å². The minimum atomic E-state index is -0.347. The Morgan fingerprint density at radius 1 is 0.969 bits per heavy atom. The number of aromatic nitrogens is 2. The number of anilines is 5. The monoisotopic (exact) mass is 429 g/mol. The maximum atomic E-state index is 12.6. The number of amides is 2. The third-order valence-electron chi connectivity index (χ3n) is 4.86. The van der Waals surface area contributed by atoms with Crippen LogP contribution in [0, 0.1) is 11.8 Å². The standard InChI is InChI=1S/C23H23N7O2/c24-21-18(22(25)27-15-26-21)9-8-16-4-3-5-17(14-16)28-23(31)29-19-6-1-2-7-20(19)30-10-12-32-13-11-30/h1-7,14-15H,10-13H2,(H2,28,29,31)(H4,24,25,26,27). The number of nitrogen functional groups attached to an aromatic ring is 2. The van der Waals surface area contributed by atoms with Crippen molar-refractivity contribution in [3.8, 4) is 11.8 Å². The number of nitrogens with zero attached hydrogens (tertiary/aromatic N) is 3. The van der Waals surface area contributed by atoms with Crippen molar-refractivity contribution in [3.63, 3.8) is 0 Å². The number of carbonyl (C=O) groups is 1. The maximum Gasteiger partial charge on any atom is 0.323 e. The van der Waals surface area contributed by atoms with Gasteiger partial charge in [-0.3, -0.25) is 0 Å². The van der Waals surface area contributed by atoms with Gasteiger partial charge in [0, 0.05) is 24.3 Å². The second kappa shape index (κ2) is 9.68. The van der Waals surface area contributed by atoms with Crippen LogP contribution in [0.1, 0.15) is 11.1 Å². The van der Waals surface area contributed by atoms with Crippen LogP contribution in [0.4, 0.5) is 33.5 Å². The molecule has 0 bridgehead atoms. The molecule has 2 amide bonds. The van der Waals surface area contributed by atoms with Gasteiger partial charge in [0.25, 0.3) is 0 Å². The molecule has 0 radical (unpaired) electrons. The molecule has 1 fully saturated rings. The molecule has 1 aliphatic rings. The van der Waals surface area contributed by atoms with Crippen molar-refractivity contribution < 1.29 is 9.53 Å². The fourth-order valence-electron chi connectivity index (χ4n) is 3.30. The Morgan fingerprint density at radius 2 is 1.72 bits per heavy atom. The molecule has 2 aromatic carbocycles. The van der Waals surface area contributed by atoms with Crippen LogP contribution < -0.4 is 27.0 Å². The predicted molar refractivity (Wildman–Crippen MR) is 125 cm³/mol. The van der Waals surface area contributed by atoms with E-state index in [-0.39, 0.29) is 17.7 Å². The zero-order valence-corrected chi connectivity index (χ0v) is 17.3. The van der Waals surface area contributed by atoms with Crippen LogP contribution in [0.5, 0.6) is 0 Å². The highest BCUT2D eigenvalue weighted by Crippen LogP contribution is 2.26. The fraction of sp³-hybridized carbons (Fsp3) is 0.174. The summed E-state index contributed by atoms with van der Waals surface area (Å²) in [5.41, 5.74) is 15.0. The molecule has 3 aromatic rings. The Morgan fingerprint density at radius 3 is 2.50 bits per heavy atom. The molecule has 0 aliphatic carbocycles. The second-order valence-electron chi connectivity index (χ2n) is 7.05. The number of urea groups is 1. The van der Waals surface area contributed by atoms with E-state index in [1.807, 2.05) is 30.3 Å². The highest BCUT2D eigenvalue weighted by atomic mass is 16.5. The van der Waals surface area contributed by atoms with Crippen LogP contribution in [0.25, 0.3) is 0 Å². The van der Waals surface area contributed by atoms with Crippen molar-refractivity contribution in [1.82, 2.24) is 9.97 Å². The number of hydrogen-bond acceptors (Lipinski definition) is 7. The first-order valence-corrected chi connectivity index (χ1v) is 10.1. The minimum Gasteiger partial charge on any atom is -0.382 e. The molecule has 2 heterocycles. The number of nitrogens with one attached hydrogen (secondary N) is 2. The van der Waals surface area contributed by atoms with E-state index < -0.39 is 0 Å². The molecule has 0 atom stereocenters. The van der Waals surface area contributed by atoms with Crippen LogP contribution in [-0.2, 0) is 4.74 Å². The fourth-order valence-corrected chi connectivity index (χ4v) is 3.30. The molecule has 1 aliphatic heterocycles. The number of para-hydroxylation sites is 2. The maximum absolute atomic E-state index is 12.6. The lowest BCUT2D eigenvalue weighted by Crippen LogP contribution is -2.37. The molecule has 162 valence electrons. The molecule has 4 rings (SSSR count). The molecular formula is C23H23N7O2. The van der Waals surface area contributed by atoms with E-state index in [2.05, 4.69) is 37.3 Å². The van der Waals surface area contributed by atoms with Gasteiger partial charge in [0.2, 0.25) is 0 Å². The summed E-state index contributed by atoms with van der Waals surface area (Å²) in [5.74, 6) is 6.31. The van der Waals surface area contributed by atoms with Gasteiger partial charge in [0.1, 0.15) is 23.5 Å². The molecule has 32 heavy (non-hydrogen) atoms. The van der Waals surface area contributed by atoms with Gasteiger partial charge in [-0.1, -0.05) is 30.0 Å². The first-order valence-electron chi connectivity index (χ1n) is 10.1. The van der Waals surface area contributed by atoms with Crippen molar-refractivity contribution in [2.45, 2.75) is 0 Å². The Kier molecular flexibility index (Phi) is 6.34. The first-order chi connectivity index (χ1) is 15.6. The molecule has 0 saturated carbocycles. The van der Waals surface area contributed by atoms with E-state index in [0.29, 0.717) is 30.0 Å². The number of rotatable bonds is 3. The van der Waals surface area contributed by atoms with Gasteiger partial charge in [0.05, 0.1) is 24.6 Å². The van der Waals surface area contributed by atoms with Crippen molar-refractivity contribution in [2.24, 2.45) is 0 Å². The smallest absolute Gasteiger partial charge is 0.323 e. The van der Waals surface area contributed by atoms with Crippen molar-refractivity contribution in [1.29, 1.82) is 0 Å². The lowest BCUT2D eigenvalue weighted by atomic mass is 10.2. The van der Waals surface area contributed by atoms with Gasteiger partial charge in [-0.15, -0.1) is 0 Å². The van der Waals surface area contributed by atoms with E-state index in [1.165, 1.54) is 6.33 Å². The minimum absolute atomic E-state index is 0.220. The van der Waals surface area contributed by atoms with E-state index in [4.69, 9.17) is 16.2 Å². The van der Waals surface area contributed by atoms with Gasteiger partial charge in [-0.25, -0.2) is 14.8 Å². The molecule has 9 nitrogen and oxygen atoms in total. The summed E-state index contributed by atoms with van der Waals surface area (Å²) in [4.78, 5) is 22.6. The number of benzene rings is 2. The number of ether oxygens (including phenoxy) is 1. The summed E-state index contributed by atoms with van der Waals surface area (Å²) in [6.45, 7) is 2.90. The van der Waals surface area contributed by atoms with Gasteiger partial charge < -0.3 is 31.7 Å². The van der Waals surface area contributed by atoms with Gasteiger partial charge in [-0.05, 0) is 30.3 Å². The topological polar surface area (TPSA) is 131 Å². The average Bonchev–Trinajstić information content (AvgIpc) is 2.80. The highest BCUT2D eigenvalue weighted by Gasteiger charge is 2.15. The van der Waals surface area contributed by atoms with Gasteiger partial charge in [0.15, 0.2) is 0 Å². The molecule has 1 saturated heterocycles. The lowest BCUT2D eigenvalue weighted by Gasteiger charge is -2.30. The molecule has 9 heteroatoms. The van der Waals surface area contributed by atoms with Crippen LogP contribution in [-0.4, -0.2) is 42.3 Å². The Bertz CT molecular complexity index is 1160. The molecular weight excluding hydrogens is 406 g/mol. The Balaban J connectivity index is 1.46. The number of carbonyl (C=O) groups excluding carboxylic acids is 1. The molecule has 6 N–H and O–H groups in total. The average molecular weight is 429 g/mol. The summed E-state index contributed by atoms with van der Waals surface area (Å²) < 4.78 is 5.42. The normalized spacial score (nSPS) is 13.1. The van der Waals surface area contributed by atoms with E-state index in [1.54, 1.807) is 18.2 Å². The zero-order valence-electron chi connectivity index (χ0n) is 17.3. The SMILES string of the molecule is Nc1ncnc(N)c1C#Cc1cccc(NC(=O)Nc2ccccc2N2CCOCC2)c1. The third-order valence-corrected chi connectivity index (χ3v) is 4.86. The van der Waals surface area contributed by atoms with E-state index >= 15 is 0 Å². The first kappa shape index (κ1) is 21.0. The molecule has 1 aromatic heterocycles. The number of hydrogen-bond donors (Lipinski definition) is 4. The van der Waals surface area contributed by atoms with Gasteiger partial charge >= 0.3 is 6.03 Å². The molecule has 0 spiro atoms. The number of morpholine rings is 1.